The lowest BCUT2D eigenvalue weighted by molar-refractivity contribution is -0.384. The second-order valence-corrected chi connectivity index (χ2v) is 6.72. The number of nitrogens with zero attached hydrogens (tertiary/aromatic N) is 2. The van der Waals surface area contributed by atoms with Crippen molar-refractivity contribution in [2.75, 3.05) is 6.61 Å². The molecule has 2 aromatic carbocycles. The van der Waals surface area contributed by atoms with E-state index in [-0.39, 0.29) is 11.7 Å². The molecule has 6 nitrogen and oxygen atoms in total. The number of nitro benzene ring substituents is 1. The maximum absolute atomic E-state index is 12.9. The van der Waals surface area contributed by atoms with Crippen molar-refractivity contribution < 1.29 is 14.5 Å². The fourth-order valence-electron chi connectivity index (χ4n) is 3.77. The van der Waals surface area contributed by atoms with Crippen molar-refractivity contribution in [2.24, 2.45) is 0 Å². The van der Waals surface area contributed by atoms with Gasteiger partial charge in [-0.1, -0.05) is 36.4 Å². The van der Waals surface area contributed by atoms with E-state index >= 15 is 0 Å². The van der Waals surface area contributed by atoms with Crippen LogP contribution in [0, 0.1) is 10.1 Å². The van der Waals surface area contributed by atoms with Crippen LogP contribution in [0.5, 0.6) is 0 Å². The maximum Gasteiger partial charge on any atom is 0.340 e. The van der Waals surface area contributed by atoms with Crippen LogP contribution >= 0.6 is 0 Å². The van der Waals surface area contributed by atoms with Crippen LogP contribution in [0.2, 0.25) is 0 Å². The average Bonchev–Trinajstić information content (AvgIpc) is 3.10. The summed E-state index contributed by atoms with van der Waals surface area (Å²) in [5.74, 6) is -0.349. The monoisotopic (exact) mass is 388 g/mol. The second kappa shape index (κ2) is 7.75. The third kappa shape index (κ3) is 3.33. The van der Waals surface area contributed by atoms with Crippen LogP contribution in [-0.2, 0) is 11.2 Å². The van der Waals surface area contributed by atoms with Gasteiger partial charge in [0.25, 0.3) is 5.69 Å². The molecule has 1 aliphatic carbocycles. The molecule has 0 radical (unpaired) electrons. The third-order valence-corrected chi connectivity index (χ3v) is 4.99. The highest BCUT2D eigenvalue weighted by Gasteiger charge is 2.29. The van der Waals surface area contributed by atoms with E-state index in [1.807, 2.05) is 41.0 Å². The Hall–Kier alpha value is -3.67. The van der Waals surface area contributed by atoms with E-state index in [2.05, 4.69) is 6.08 Å². The molecule has 0 atom stereocenters. The lowest BCUT2D eigenvalue weighted by Crippen LogP contribution is -2.09. The first-order valence-corrected chi connectivity index (χ1v) is 9.53. The summed E-state index contributed by atoms with van der Waals surface area (Å²) in [5.41, 5.74) is 4.84. The van der Waals surface area contributed by atoms with Crippen LogP contribution in [0.1, 0.15) is 35.0 Å². The van der Waals surface area contributed by atoms with Crippen molar-refractivity contribution >= 4 is 17.7 Å². The Kier molecular flexibility index (Phi) is 4.99. The van der Waals surface area contributed by atoms with Crippen LogP contribution in [-0.4, -0.2) is 22.1 Å². The molecule has 146 valence electrons. The number of carbonyl (C=O) groups is 1. The van der Waals surface area contributed by atoms with E-state index in [1.54, 1.807) is 19.1 Å². The van der Waals surface area contributed by atoms with E-state index in [1.165, 1.54) is 12.1 Å². The molecule has 3 aromatic rings. The summed E-state index contributed by atoms with van der Waals surface area (Å²) in [7, 11) is 0. The van der Waals surface area contributed by atoms with Crippen molar-refractivity contribution in [2.45, 2.75) is 19.8 Å². The van der Waals surface area contributed by atoms with Crippen molar-refractivity contribution in [3.63, 3.8) is 0 Å². The van der Waals surface area contributed by atoms with Crippen molar-refractivity contribution in [1.82, 2.24) is 4.57 Å². The van der Waals surface area contributed by atoms with Gasteiger partial charge in [0.05, 0.1) is 28.5 Å². The summed E-state index contributed by atoms with van der Waals surface area (Å²) in [5, 5.41) is 11.1. The number of hydrogen-bond donors (Lipinski definition) is 0. The number of carbonyl (C=O) groups excluding carboxylic acids is 1. The number of rotatable bonds is 5. The largest absolute Gasteiger partial charge is 0.462 e. The second-order valence-electron chi connectivity index (χ2n) is 6.72. The first kappa shape index (κ1) is 18.7. The molecule has 0 fully saturated rings. The zero-order valence-electron chi connectivity index (χ0n) is 16.0. The molecule has 1 heterocycles. The lowest BCUT2D eigenvalue weighted by Gasteiger charge is -2.14. The van der Waals surface area contributed by atoms with Gasteiger partial charge in [0.15, 0.2) is 0 Å². The van der Waals surface area contributed by atoms with E-state index in [9.17, 15) is 14.9 Å². The molecular weight excluding hydrogens is 368 g/mol. The smallest absolute Gasteiger partial charge is 0.340 e. The standard InChI is InChI=1S/C23H20N2O4/c1-2-29-23(26)21-19-10-6-7-11-20(19)24(22(21)16-8-4-3-5-9-16)17-12-14-18(15-13-17)25(27)28/h3-5,7-9,11-15H,2,6,10H2,1H3. The minimum Gasteiger partial charge on any atom is -0.462 e. The molecule has 0 N–H and O–H groups in total. The lowest BCUT2D eigenvalue weighted by atomic mass is 9.97. The number of fused-ring (bicyclic) bond motifs is 1. The van der Waals surface area contributed by atoms with Crippen LogP contribution in [0.4, 0.5) is 5.69 Å². The molecule has 0 bridgehead atoms. The van der Waals surface area contributed by atoms with Crippen LogP contribution in [0.15, 0.2) is 60.7 Å². The van der Waals surface area contributed by atoms with Gasteiger partial charge >= 0.3 is 5.97 Å². The van der Waals surface area contributed by atoms with Gasteiger partial charge in [-0.2, -0.15) is 0 Å². The first-order chi connectivity index (χ1) is 14.1. The van der Waals surface area contributed by atoms with Crippen LogP contribution in [0.25, 0.3) is 23.0 Å². The van der Waals surface area contributed by atoms with Gasteiger partial charge in [0.1, 0.15) is 0 Å². The van der Waals surface area contributed by atoms with Crippen molar-refractivity contribution in [1.29, 1.82) is 0 Å². The van der Waals surface area contributed by atoms with E-state index in [4.69, 9.17) is 4.74 Å². The van der Waals surface area contributed by atoms with Crippen LogP contribution < -0.4 is 0 Å². The zero-order valence-corrected chi connectivity index (χ0v) is 16.0. The maximum atomic E-state index is 12.9. The van der Waals surface area contributed by atoms with Crippen LogP contribution in [0.3, 0.4) is 0 Å². The van der Waals surface area contributed by atoms with Gasteiger partial charge in [-0.3, -0.25) is 10.1 Å². The Bertz CT molecular complexity index is 1100. The Labute approximate surface area is 168 Å². The van der Waals surface area contributed by atoms with Gasteiger partial charge < -0.3 is 9.30 Å². The number of aromatic nitrogens is 1. The normalized spacial score (nSPS) is 12.4. The molecule has 0 saturated heterocycles. The molecule has 1 aliphatic rings. The molecule has 0 saturated carbocycles. The number of esters is 1. The van der Waals surface area contributed by atoms with Gasteiger partial charge in [0, 0.05) is 17.8 Å². The highest BCUT2D eigenvalue weighted by Crippen LogP contribution is 2.38. The van der Waals surface area contributed by atoms with Crippen molar-refractivity contribution in [3.8, 4) is 16.9 Å². The Morgan fingerprint density at radius 2 is 1.86 bits per heavy atom. The van der Waals surface area contributed by atoms with Gasteiger partial charge in [0.2, 0.25) is 0 Å². The molecule has 4 rings (SSSR count). The molecular formula is C23H20N2O4. The number of non-ortho nitro benzene ring substituents is 1. The fraction of sp³-hybridized carbons (Fsp3) is 0.174. The third-order valence-electron chi connectivity index (χ3n) is 4.99. The molecule has 6 heteroatoms. The molecule has 1 aromatic heterocycles. The highest BCUT2D eigenvalue weighted by molar-refractivity contribution is 6.00. The fourth-order valence-corrected chi connectivity index (χ4v) is 3.77. The number of benzene rings is 2. The predicted molar refractivity (Wildman–Crippen MR) is 111 cm³/mol. The van der Waals surface area contributed by atoms with E-state index in [0.29, 0.717) is 12.2 Å². The van der Waals surface area contributed by atoms with E-state index in [0.717, 1.165) is 41.0 Å². The SMILES string of the molecule is CCOC(=O)c1c2c(n(-c3ccc([N+](=O)[O-])cc3)c1-c1ccccc1)C=CCC2. The van der Waals surface area contributed by atoms with Gasteiger partial charge in [-0.15, -0.1) is 0 Å². The summed E-state index contributed by atoms with van der Waals surface area (Å²) in [6.45, 7) is 2.08. The minimum absolute atomic E-state index is 0.0252. The minimum atomic E-state index is -0.420. The highest BCUT2D eigenvalue weighted by atomic mass is 16.6. The molecule has 0 spiro atoms. The Morgan fingerprint density at radius 3 is 2.52 bits per heavy atom. The van der Waals surface area contributed by atoms with Gasteiger partial charge in [-0.25, -0.2) is 4.79 Å². The zero-order chi connectivity index (χ0) is 20.4. The number of nitro groups is 1. The Morgan fingerprint density at radius 1 is 1.14 bits per heavy atom. The number of hydrogen-bond acceptors (Lipinski definition) is 4. The quantitative estimate of drug-likeness (QED) is 0.342. The van der Waals surface area contributed by atoms with Gasteiger partial charge in [-0.05, 0) is 49.1 Å². The molecule has 0 unspecified atom stereocenters. The predicted octanol–water partition coefficient (Wildman–Crippen LogP) is 5.19. The Balaban J connectivity index is 2.02. The topological polar surface area (TPSA) is 74.4 Å². The first-order valence-electron chi connectivity index (χ1n) is 9.53. The summed E-state index contributed by atoms with van der Waals surface area (Å²) in [6.07, 6.45) is 5.67. The molecule has 29 heavy (non-hydrogen) atoms. The van der Waals surface area contributed by atoms with E-state index < -0.39 is 4.92 Å². The molecule has 0 amide bonds. The summed E-state index contributed by atoms with van der Waals surface area (Å²) >= 11 is 0. The molecule has 0 aliphatic heterocycles. The number of ether oxygens (including phenoxy) is 1. The summed E-state index contributed by atoms with van der Waals surface area (Å²) in [6, 6.07) is 16.1. The average molecular weight is 388 g/mol. The summed E-state index contributed by atoms with van der Waals surface area (Å²) < 4.78 is 7.39. The van der Waals surface area contributed by atoms with Crippen molar-refractivity contribution in [3.05, 3.63) is 87.6 Å². The summed E-state index contributed by atoms with van der Waals surface area (Å²) in [4.78, 5) is 23.6. The number of allylic oxidation sites excluding steroid dienone is 1.